The van der Waals surface area contributed by atoms with Crippen LogP contribution >= 0.6 is 0 Å². The maximum Gasteiger partial charge on any atom is 0.253 e. The molecule has 1 saturated heterocycles. The lowest BCUT2D eigenvalue weighted by atomic mass is 10.1. The Morgan fingerprint density at radius 3 is 2.54 bits per heavy atom. The predicted octanol–water partition coefficient (Wildman–Crippen LogP) is 1.65. The van der Waals surface area contributed by atoms with E-state index in [0.717, 1.165) is 6.42 Å². The van der Waals surface area contributed by atoms with E-state index in [0.29, 0.717) is 36.0 Å². The second-order valence-electron chi connectivity index (χ2n) is 5.38. The van der Waals surface area contributed by atoms with Gasteiger partial charge in [0, 0.05) is 30.7 Å². The van der Waals surface area contributed by atoms with Crippen molar-refractivity contribution < 1.29 is 14.3 Å². The van der Waals surface area contributed by atoms with Crippen molar-refractivity contribution in [3.05, 3.63) is 47.5 Å². The van der Waals surface area contributed by atoms with Crippen LogP contribution in [0, 0.1) is 11.3 Å². The van der Waals surface area contributed by atoms with E-state index in [1.807, 2.05) is 6.07 Å². The monoisotopic (exact) mass is 324 g/mol. The van der Waals surface area contributed by atoms with Gasteiger partial charge in [-0.05, 0) is 24.3 Å². The van der Waals surface area contributed by atoms with Gasteiger partial charge < -0.3 is 14.4 Å². The first-order chi connectivity index (χ1) is 11.7. The smallest absolute Gasteiger partial charge is 0.253 e. The Morgan fingerprint density at radius 2 is 1.92 bits per heavy atom. The van der Waals surface area contributed by atoms with Crippen molar-refractivity contribution in [2.24, 2.45) is 0 Å². The summed E-state index contributed by atoms with van der Waals surface area (Å²) in [6, 6.07) is 12.0. The van der Waals surface area contributed by atoms with Crippen LogP contribution in [0.5, 0.6) is 11.8 Å². The summed E-state index contributed by atoms with van der Waals surface area (Å²) in [4.78, 5) is 14.2. The average Bonchev–Trinajstić information content (AvgIpc) is 3.10. The Bertz CT molecular complexity index is 753. The summed E-state index contributed by atoms with van der Waals surface area (Å²) < 4.78 is 10.7. The molecule has 7 heteroatoms. The summed E-state index contributed by atoms with van der Waals surface area (Å²) in [5, 5.41) is 16.6. The molecule has 1 aliphatic rings. The van der Waals surface area contributed by atoms with Crippen molar-refractivity contribution >= 4 is 5.91 Å². The zero-order chi connectivity index (χ0) is 16.9. The van der Waals surface area contributed by atoms with E-state index in [1.165, 1.54) is 7.11 Å². The lowest BCUT2D eigenvalue weighted by Crippen LogP contribution is -2.31. The minimum absolute atomic E-state index is 0.0635. The minimum Gasteiger partial charge on any atom is -0.480 e. The molecule has 7 nitrogen and oxygen atoms in total. The number of likely N-dealkylation sites (tertiary alicyclic amines) is 1. The summed E-state index contributed by atoms with van der Waals surface area (Å²) in [5.41, 5.74) is 1.10. The van der Waals surface area contributed by atoms with E-state index >= 15 is 0 Å². The molecule has 2 aromatic rings. The van der Waals surface area contributed by atoms with Crippen LogP contribution in [0.25, 0.3) is 0 Å². The van der Waals surface area contributed by atoms with Crippen LogP contribution in [0.3, 0.4) is 0 Å². The van der Waals surface area contributed by atoms with Crippen molar-refractivity contribution in [2.75, 3.05) is 20.2 Å². The third-order valence-electron chi connectivity index (χ3n) is 3.81. The quantitative estimate of drug-likeness (QED) is 0.849. The Hall–Kier alpha value is -3.14. The number of methoxy groups -OCH3 is 1. The van der Waals surface area contributed by atoms with Crippen molar-refractivity contribution in [3.8, 4) is 17.8 Å². The van der Waals surface area contributed by atoms with Crippen LogP contribution in [0.15, 0.2) is 36.4 Å². The number of ether oxygens (including phenoxy) is 2. The molecule has 0 spiro atoms. The van der Waals surface area contributed by atoms with Crippen LogP contribution in [-0.2, 0) is 0 Å². The summed E-state index contributed by atoms with van der Waals surface area (Å²) in [7, 11) is 1.52. The minimum atomic E-state index is -0.116. The van der Waals surface area contributed by atoms with Crippen LogP contribution in [-0.4, -0.2) is 47.3 Å². The summed E-state index contributed by atoms with van der Waals surface area (Å²) in [6.45, 7) is 1.11. The summed E-state index contributed by atoms with van der Waals surface area (Å²) in [5.74, 6) is 0.770. The van der Waals surface area contributed by atoms with E-state index in [1.54, 1.807) is 41.3 Å². The molecule has 1 aromatic heterocycles. The number of hydrogen-bond donors (Lipinski definition) is 0. The number of carbonyl (C=O) groups is 1. The van der Waals surface area contributed by atoms with Gasteiger partial charge in [0.05, 0.1) is 25.3 Å². The number of nitrogens with zero attached hydrogens (tertiary/aromatic N) is 4. The fourth-order valence-electron chi connectivity index (χ4n) is 2.53. The summed E-state index contributed by atoms with van der Waals surface area (Å²) in [6.07, 6.45) is 0.616. The molecule has 2 heterocycles. The highest BCUT2D eigenvalue weighted by Crippen LogP contribution is 2.19. The fraction of sp³-hybridized carbons (Fsp3) is 0.294. The summed E-state index contributed by atoms with van der Waals surface area (Å²) >= 11 is 0. The Labute approximate surface area is 139 Å². The largest absolute Gasteiger partial charge is 0.480 e. The molecule has 3 rings (SSSR count). The normalized spacial score (nSPS) is 16.5. The highest BCUT2D eigenvalue weighted by molar-refractivity contribution is 5.94. The number of carbonyl (C=O) groups excluding carboxylic acids is 1. The second kappa shape index (κ2) is 6.96. The number of amides is 1. The molecular formula is C17H16N4O3. The van der Waals surface area contributed by atoms with E-state index < -0.39 is 0 Å². The van der Waals surface area contributed by atoms with E-state index in [2.05, 4.69) is 10.2 Å². The second-order valence-corrected chi connectivity index (χ2v) is 5.38. The Kier molecular flexibility index (Phi) is 4.57. The highest BCUT2D eigenvalue weighted by atomic mass is 16.5. The molecule has 0 saturated carbocycles. The van der Waals surface area contributed by atoms with E-state index in [-0.39, 0.29) is 12.0 Å². The highest BCUT2D eigenvalue weighted by Gasteiger charge is 2.28. The van der Waals surface area contributed by atoms with Crippen LogP contribution in [0.4, 0.5) is 0 Å². The van der Waals surface area contributed by atoms with Gasteiger partial charge in [0.15, 0.2) is 0 Å². The number of rotatable bonds is 4. The molecule has 0 aliphatic carbocycles. The number of nitriles is 1. The molecule has 1 fully saturated rings. The molecule has 1 aliphatic heterocycles. The zero-order valence-electron chi connectivity index (χ0n) is 13.2. The van der Waals surface area contributed by atoms with Crippen LogP contribution in [0.2, 0.25) is 0 Å². The molecule has 1 amide bonds. The Morgan fingerprint density at radius 1 is 1.21 bits per heavy atom. The van der Waals surface area contributed by atoms with Gasteiger partial charge in [-0.2, -0.15) is 5.26 Å². The van der Waals surface area contributed by atoms with Gasteiger partial charge in [0.1, 0.15) is 6.10 Å². The first kappa shape index (κ1) is 15.7. The predicted molar refractivity (Wildman–Crippen MR) is 84.7 cm³/mol. The van der Waals surface area contributed by atoms with E-state index in [4.69, 9.17) is 14.7 Å². The van der Waals surface area contributed by atoms with Gasteiger partial charge >= 0.3 is 0 Å². The molecule has 0 radical (unpaired) electrons. The fourth-order valence-corrected chi connectivity index (χ4v) is 2.53. The lowest BCUT2D eigenvalue weighted by Gasteiger charge is -2.17. The van der Waals surface area contributed by atoms with Crippen molar-refractivity contribution in [2.45, 2.75) is 12.5 Å². The van der Waals surface area contributed by atoms with Gasteiger partial charge in [-0.25, -0.2) is 0 Å². The first-order valence-corrected chi connectivity index (χ1v) is 7.53. The van der Waals surface area contributed by atoms with Gasteiger partial charge in [-0.3, -0.25) is 4.79 Å². The molecule has 0 N–H and O–H groups in total. The van der Waals surface area contributed by atoms with Gasteiger partial charge in [0.25, 0.3) is 5.91 Å². The maximum absolute atomic E-state index is 12.5. The SMILES string of the molecule is COc1ccc(O[C@@H]2CCN(C(=O)c3ccc(C#N)cc3)C2)nn1. The number of aromatic nitrogens is 2. The molecule has 1 aromatic carbocycles. The molecular weight excluding hydrogens is 308 g/mol. The molecule has 122 valence electrons. The molecule has 0 unspecified atom stereocenters. The molecule has 24 heavy (non-hydrogen) atoms. The van der Waals surface area contributed by atoms with Gasteiger partial charge in [-0.15, -0.1) is 10.2 Å². The lowest BCUT2D eigenvalue weighted by molar-refractivity contribution is 0.0771. The topological polar surface area (TPSA) is 88.3 Å². The third-order valence-corrected chi connectivity index (χ3v) is 3.81. The van der Waals surface area contributed by atoms with Crippen molar-refractivity contribution in [1.29, 1.82) is 5.26 Å². The van der Waals surface area contributed by atoms with Gasteiger partial charge in [0.2, 0.25) is 11.8 Å². The third kappa shape index (κ3) is 3.43. The van der Waals surface area contributed by atoms with Crippen molar-refractivity contribution in [3.63, 3.8) is 0 Å². The number of benzene rings is 1. The maximum atomic E-state index is 12.5. The first-order valence-electron chi connectivity index (χ1n) is 7.53. The average molecular weight is 324 g/mol. The number of hydrogen-bond acceptors (Lipinski definition) is 6. The zero-order valence-corrected chi connectivity index (χ0v) is 13.2. The van der Waals surface area contributed by atoms with Gasteiger partial charge in [-0.1, -0.05) is 0 Å². The van der Waals surface area contributed by atoms with Crippen LogP contribution < -0.4 is 9.47 Å². The molecule has 1 atom stereocenters. The van der Waals surface area contributed by atoms with Crippen molar-refractivity contribution in [1.82, 2.24) is 15.1 Å². The standard InChI is InChI=1S/C17H16N4O3/c1-23-15-6-7-16(20-19-15)24-14-8-9-21(11-14)17(22)13-4-2-12(10-18)3-5-13/h2-7,14H,8-9,11H2,1H3/t14-/m1/s1. The van der Waals surface area contributed by atoms with E-state index in [9.17, 15) is 4.79 Å². The Balaban J connectivity index is 1.59. The van der Waals surface area contributed by atoms with Crippen LogP contribution in [0.1, 0.15) is 22.3 Å². The molecule has 0 bridgehead atoms.